The van der Waals surface area contributed by atoms with Crippen LogP contribution in [0.25, 0.3) is 0 Å². The van der Waals surface area contributed by atoms with Crippen LogP contribution in [0.3, 0.4) is 0 Å². The van der Waals surface area contributed by atoms with E-state index in [-0.39, 0.29) is 28.7 Å². The Kier molecular flexibility index (Phi) is 6.58. The van der Waals surface area contributed by atoms with Crippen molar-refractivity contribution >= 4 is 23.2 Å². The lowest BCUT2D eigenvalue weighted by Gasteiger charge is -2.20. The quantitative estimate of drug-likeness (QED) is 0.598. The topological polar surface area (TPSA) is 92.5 Å². The maximum absolute atomic E-state index is 12.0. The number of benzene rings is 1. The van der Waals surface area contributed by atoms with Gasteiger partial charge >= 0.3 is 0 Å². The van der Waals surface area contributed by atoms with Crippen LogP contribution in [0, 0.1) is 16.0 Å². The Balaban J connectivity index is 2.79. The maximum atomic E-state index is 12.0. The summed E-state index contributed by atoms with van der Waals surface area (Å²) in [6, 6.07) is 3.86. The fourth-order valence-electron chi connectivity index (χ4n) is 2.14. The molecule has 0 radical (unpaired) electrons. The maximum Gasteiger partial charge on any atom is 0.283 e. The molecule has 1 amide bonds. The number of nitrogens with one attached hydrogen (secondary N) is 1. The Labute approximate surface area is 128 Å². The van der Waals surface area contributed by atoms with Crippen molar-refractivity contribution in [2.75, 3.05) is 6.54 Å². The molecule has 1 aromatic carbocycles. The lowest BCUT2D eigenvalue weighted by molar-refractivity contribution is -0.385. The molecule has 0 saturated carbocycles. The predicted molar refractivity (Wildman–Crippen MR) is 80.5 cm³/mol. The molecule has 0 bridgehead atoms. The summed E-state index contributed by atoms with van der Waals surface area (Å²) < 4.78 is 0. The normalized spacial score (nSPS) is 12.2. The lowest BCUT2D eigenvalue weighted by Crippen LogP contribution is -2.36. The minimum Gasteiger partial charge on any atom is -0.391 e. The van der Waals surface area contributed by atoms with Crippen LogP contribution >= 0.6 is 11.6 Å². The first-order chi connectivity index (χ1) is 9.90. The molecule has 1 atom stereocenters. The Hall–Kier alpha value is -1.66. The summed E-state index contributed by atoms with van der Waals surface area (Å²) in [6.07, 6.45) is 0.929. The van der Waals surface area contributed by atoms with Crippen molar-refractivity contribution in [3.63, 3.8) is 0 Å². The molecule has 1 unspecified atom stereocenters. The fourth-order valence-corrected chi connectivity index (χ4v) is 2.31. The minimum absolute atomic E-state index is 0.0605. The number of carbonyl (C=O) groups excluding carboxylic acids is 1. The molecule has 0 saturated heterocycles. The van der Waals surface area contributed by atoms with Gasteiger partial charge in [-0.1, -0.05) is 38.3 Å². The van der Waals surface area contributed by atoms with E-state index in [1.165, 1.54) is 12.1 Å². The second-order valence-corrected chi connectivity index (χ2v) is 5.21. The number of nitrogens with zero attached hydrogens (tertiary/aromatic N) is 1. The summed E-state index contributed by atoms with van der Waals surface area (Å²) in [6.45, 7) is 3.98. The molecule has 0 aromatic heterocycles. The van der Waals surface area contributed by atoms with Crippen LogP contribution < -0.4 is 5.32 Å². The molecule has 2 N–H and O–H groups in total. The molecular formula is C14H19ClN2O4. The second-order valence-electron chi connectivity index (χ2n) is 4.77. The molecule has 0 aliphatic rings. The molecule has 0 heterocycles. The number of nitro groups is 1. The fraction of sp³-hybridized carbons (Fsp3) is 0.500. The van der Waals surface area contributed by atoms with Gasteiger partial charge in [0.25, 0.3) is 11.6 Å². The van der Waals surface area contributed by atoms with Gasteiger partial charge in [-0.05, 0) is 18.1 Å². The number of hydrogen-bond acceptors (Lipinski definition) is 4. The molecule has 0 aliphatic heterocycles. The van der Waals surface area contributed by atoms with E-state index in [0.717, 1.165) is 18.9 Å². The van der Waals surface area contributed by atoms with Crippen molar-refractivity contribution in [1.29, 1.82) is 0 Å². The summed E-state index contributed by atoms with van der Waals surface area (Å²) in [5.74, 6) is -0.506. The van der Waals surface area contributed by atoms with Crippen molar-refractivity contribution < 1.29 is 14.8 Å². The van der Waals surface area contributed by atoms with E-state index >= 15 is 0 Å². The van der Waals surface area contributed by atoms with Gasteiger partial charge in [0.15, 0.2) is 0 Å². The number of nitro benzene ring substituents is 1. The average molecular weight is 315 g/mol. The first-order valence-corrected chi connectivity index (χ1v) is 7.18. The third kappa shape index (κ3) is 4.68. The van der Waals surface area contributed by atoms with E-state index in [0.29, 0.717) is 0 Å². The van der Waals surface area contributed by atoms with Gasteiger partial charge in [-0.15, -0.1) is 0 Å². The highest BCUT2D eigenvalue weighted by Crippen LogP contribution is 2.23. The van der Waals surface area contributed by atoms with E-state index in [9.17, 15) is 20.0 Å². The molecule has 1 rings (SSSR count). The Morgan fingerprint density at radius 1 is 1.43 bits per heavy atom. The van der Waals surface area contributed by atoms with E-state index in [1.807, 2.05) is 13.8 Å². The highest BCUT2D eigenvalue weighted by molar-refractivity contribution is 6.31. The van der Waals surface area contributed by atoms with Gasteiger partial charge in [-0.3, -0.25) is 14.9 Å². The third-order valence-corrected chi connectivity index (χ3v) is 3.70. The number of halogens is 1. The van der Waals surface area contributed by atoms with Crippen LogP contribution in [0.4, 0.5) is 5.69 Å². The van der Waals surface area contributed by atoms with Gasteiger partial charge in [0.2, 0.25) is 0 Å². The van der Waals surface area contributed by atoms with E-state index in [4.69, 9.17) is 11.6 Å². The standard InChI is InChI=1S/C14H19ClN2O4/c1-3-9(4-2)13(18)8-16-14(19)11-6-5-10(15)7-12(11)17(20)21/h5-7,9,13,18H,3-4,8H2,1-2H3,(H,16,19). The molecule has 0 spiro atoms. The van der Waals surface area contributed by atoms with E-state index in [2.05, 4.69) is 5.32 Å². The van der Waals surface area contributed by atoms with Gasteiger partial charge in [0.1, 0.15) is 5.56 Å². The molecule has 0 fully saturated rings. The minimum atomic E-state index is -0.671. The highest BCUT2D eigenvalue weighted by Gasteiger charge is 2.22. The number of rotatable bonds is 7. The summed E-state index contributed by atoms with van der Waals surface area (Å²) in [5.41, 5.74) is -0.418. The van der Waals surface area contributed by atoms with Crippen molar-refractivity contribution in [3.05, 3.63) is 38.9 Å². The zero-order chi connectivity index (χ0) is 16.0. The van der Waals surface area contributed by atoms with Gasteiger partial charge in [0, 0.05) is 17.6 Å². The van der Waals surface area contributed by atoms with Crippen LogP contribution in [-0.2, 0) is 0 Å². The SMILES string of the molecule is CCC(CC)C(O)CNC(=O)c1ccc(Cl)cc1[N+](=O)[O-]. The van der Waals surface area contributed by atoms with Crippen molar-refractivity contribution in [2.24, 2.45) is 5.92 Å². The Bertz CT molecular complexity index is 518. The summed E-state index contributed by atoms with van der Waals surface area (Å²) >= 11 is 5.70. The summed E-state index contributed by atoms with van der Waals surface area (Å²) in [4.78, 5) is 22.3. The van der Waals surface area contributed by atoms with Gasteiger partial charge in [-0.25, -0.2) is 0 Å². The van der Waals surface area contributed by atoms with Crippen LogP contribution in [0.2, 0.25) is 5.02 Å². The highest BCUT2D eigenvalue weighted by atomic mass is 35.5. The molecule has 7 heteroatoms. The molecule has 116 valence electrons. The molecule has 21 heavy (non-hydrogen) atoms. The molecule has 6 nitrogen and oxygen atoms in total. The third-order valence-electron chi connectivity index (χ3n) is 3.47. The van der Waals surface area contributed by atoms with Gasteiger partial charge < -0.3 is 10.4 Å². The van der Waals surface area contributed by atoms with Crippen molar-refractivity contribution in [3.8, 4) is 0 Å². The van der Waals surface area contributed by atoms with Crippen LogP contribution in [-0.4, -0.2) is 28.6 Å². The Morgan fingerprint density at radius 2 is 2.05 bits per heavy atom. The predicted octanol–water partition coefficient (Wildman–Crippen LogP) is 2.78. The monoisotopic (exact) mass is 314 g/mol. The van der Waals surface area contributed by atoms with Crippen LogP contribution in [0.5, 0.6) is 0 Å². The van der Waals surface area contributed by atoms with Gasteiger partial charge in [0.05, 0.1) is 11.0 Å². The van der Waals surface area contributed by atoms with Crippen LogP contribution in [0.1, 0.15) is 37.0 Å². The second kappa shape index (κ2) is 7.95. The zero-order valence-electron chi connectivity index (χ0n) is 12.0. The van der Waals surface area contributed by atoms with Crippen molar-refractivity contribution in [1.82, 2.24) is 5.32 Å². The summed E-state index contributed by atoms with van der Waals surface area (Å²) in [7, 11) is 0. The first kappa shape index (κ1) is 17.4. The number of hydrogen-bond donors (Lipinski definition) is 2. The van der Waals surface area contributed by atoms with E-state index < -0.39 is 16.9 Å². The number of amides is 1. The van der Waals surface area contributed by atoms with Crippen molar-refractivity contribution in [2.45, 2.75) is 32.8 Å². The number of aliphatic hydroxyl groups is 1. The van der Waals surface area contributed by atoms with E-state index in [1.54, 1.807) is 0 Å². The Morgan fingerprint density at radius 3 is 2.57 bits per heavy atom. The lowest BCUT2D eigenvalue weighted by atomic mass is 9.96. The molecular weight excluding hydrogens is 296 g/mol. The smallest absolute Gasteiger partial charge is 0.283 e. The zero-order valence-corrected chi connectivity index (χ0v) is 12.8. The number of carbonyl (C=O) groups is 1. The van der Waals surface area contributed by atoms with Gasteiger partial charge in [-0.2, -0.15) is 0 Å². The number of aliphatic hydroxyl groups excluding tert-OH is 1. The molecule has 1 aromatic rings. The molecule has 0 aliphatic carbocycles. The largest absolute Gasteiger partial charge is 0.391 e. The first-order valence-electron chi connectivity index (χ1n) is 6.80. The van der Waals surface area contributed by atoms with Crippen LogP contribution in [0.15, 0.2) is 18.2 Å². The summed E-state index contributed by atoms with van der Waals surface area (Å²) in [5, 5.41) is 23.6. The average Bonchev–Trinajstić information content (AvgIpc) is 2.45.